The molecule has 0 bridgehead atoms. The van der Waals surface area contributed by atoms with Gasteiger partial charge in [0, 0.05) is 5.02 Å². The predicted octanol–water partition coefficient (Wildman–Crippen LogP) is 1.74. The Labute approximate surface area is 82.5 Å². The molecule has 1 aromatic rings. The first-order chi connectivity index (χ1) is 6.27. The van der Waals surface area contributed by atoms with E-state index in [1.807, 2.05) is 24.3 Å². The number of hydrogen-bond acceptors (Lipinski definition) is 2. The van der Waals surface area contributed by atoms with Gasteiger partial charge >= 0.3 is 0 Å². The van der Waals surface area contributed by atoms with Crippen LogP contribution >= 0.6 is 11.6 Å². The summed E-state index contributed by atoms with van der Waals surface area (Å²) in [6, 6.07) is 7.68. The van der Waals surface area contributed by atoms with E-state index in [9.17, 15) is 5.11 Å². The Morgan fingerprint density at radius 2 is 2.31 bits per heavy atom. The van der Waals surface area contributed by atoms with Crippen molar-refractivity contribution in [1.29, 1.82) is 0 Å². The van der Waals surface area contributed by atoms with Crippen molar-refractivity contribution in [2.24, 2.45) is 0 Å². The van der Waals surface area contributed by atoms with Gasteiger partial charge in [0.2, 0.25) is 0 Å². The van der Waals surface area contributed by atoms with Gasteiger partial charge in [0.25, 0.3) is 0 Å². The molecule has 0 aromatic heterocycles. The molecule has 0 spiro atoms. The number of rotatable bonds is 1. The molecular formula is C10H12ClNO. The van der Waals surface area contributed by atoms with Gasteiger partial charge in [-0.25, -0.2) is 0 Å². The van der Waals surface area contributed by atoms with Gasteiger partial charge in [-0.3, -0.25) is 0 Å². The van der Waals surface area contributed by atoms with E-state index >= 15 is 0 Å². The molecule has 0 radical (unpaired) electrons. The molecule has 2 atom stereocenters. The van der Waals surface area contributed by atoms with E-state index in [0.29, 0.717) is 0 Å². The average Bonchev–Trinajstić information content (AvgIpc) is 2.51. The largest absolute Gasteiger partial charge is 0.391 e. The number of nitrogens with one attached hydrogen (secondary N) is 1. The highest BCUT2D eigenvalue weighted by molar-refractivity contribution is 6.30. The van der Waals surface area contributed by atoms with Gasteiger partial charge in [-0.05, 0) is 30.7 Å². The molecule has 1 aliphatic heterocycles. The minimum atomic E-state index is -0.279. The van der Waals surface area contributed by atoms with Crippen LogP contribution in [0.2, 0.25) is 5.02 Å². The van der Waals surface area contributed by atoms with Crippen molar-refractivity contribution < 1.29 is 5.11 Å². The van der Waals surface area contributed by atoms with Crippen molar-refractivity contribution in [1.82, 2.24) is 5.32 Å². The average molecular weight is 198 g/mol. The normalized spacial score (nSPS) is 27.8. The standard InChI is InChI=1S/C10H12ClNO/c11-8-3-1-2-7(6-8)10-9(13)4-5-12-10/h1-3,6,9-10,12-13H,4-5H2/t9-,10+/m0/s1. The van der Waals surface area contributed by atoms with Crippen molar-refractivity contribution >= 4 is 11.6 Å². The zero-order chi connectivity index (χ0) is 9.26. The van der Waals surface area contributed by atoms with Crippen LogP contribution in [0, 0.1) is 0 Å². The van der Waals surface area contributed by atoms with E-state index in [2.05, 4.69) is 5.32 Å². The number of halogens is 1. The topological polar surface area (TPSA) is 32.3 Å². The van der Waals surface area contributed by atoms with Crippen molar-refractivity contribution in [3.8, 4) is 0 Å². The summed E-state index contributed by atoms with van der Waals surface area (Å²) in [5.74, 6) is 0. The lowest BCUT2D eigenvalue weighted by Crippen LogP contribution is -2.20. The maximum absolute atomic E-state index is 9.63. The van der Waals surface area contributed by atoms with Gasteiger partial charge in [0.1, 0.15) is 0 Å². The summed E-state index contributed by atoms with van der Waals surface area (Å²) in [6.07, 6.45) is 0.537. The van der Waals surface area contributed by atoms with E-state index in [0.717, 1.165) is 23.6 Å². The Hall–Kier alpha value is -0.570. The lowest BCUT2D eigenvalue weighted by Gasteiger charge is -2.14. The van der Waals surface area contributed by atoms with Crippen LogP contribution in [-0.4, -0.2) is 17.8 Å². The van der Waals surface area contributed by atoms with Gasteiger partial charge in [-0.2, -0.15) is 0 Å². The van der Waals surface area contributed by atoms with Crippen LogP contribution in [0.5, 0.6) is 0 Å². The smallest absolute Gasteiger partial charge is 0.0747 e. The van der Waals surface area contributed by atoms with Gasteiger partial charge < -0.3 is 10.4 Å². The molecule has 13 heavy (non-hydrogen) atoms. The van der Waals surface area contributed by atoms with Crippen molar-refractivity contribution in [3.63, 3.8) is 0 Å². The molecule has 0 amide bonds. The van der Waals surface area contributed by atoms with Crippen LogP contribution in [0.3, 0.4) is 0 Å². The Bertz CT molecular complexity index is 303. The van der Waals surface area contributed by atoms with Crippen molar-refractivity contribution in [2.75, 3.05) is 6.54 Å². The van der Waals surface area contributed by atoms with Crippen molar-refractivity contribution in [3.05, 3.63) is 34.9 Å². The first-order valence-electron chi connectivity index (χ1n) is 4.44. The zero-order valence-electron chi connectivity index (χ0n) is 7.20. The fourth-order valence-electron chi connectivity index (χ4n) is 1.73. The molecule has 2 nitrogen and oxygen atoms in total. The SMILES string of the molecule is O[C@H]1CCN[C@@H]1c1cccc(Cl)c1. The third kappa shape index (κ3) is 1.85. The molecule has 0 unspecified atom stereocenters. The summed E-state index contributed by atoms with van der Waals surface area (Å²) >= 11 is 5.86. The van der Waals surface area contributed by atoms with Gasteiger partial charge in [-0.1, -0.05) is 23.7 Å². The monoisotopic (exact) mass is 197 g/mol. The Morgan fingerprint density at radius 1 is 1.46 bits per heavy atom. The van der Waals surface area contributed by atoms with Gasteiger partial charge in [0.05, 0.1) is 12.1 Å². The molecule has 1 aliphatic rings. The predicted molar refractivity (Wildman–Crippen MR) is 52.8 cm³/mol. The molecule has 2 rings (SSSR count). The molecule has 1 aromatic carbocycles. The summed E-state index contributed by atoms with van der Waals surface area (Å²) in [5, 5.41) is 13.6. The van der Waals surface area contributed by atoms with E-state index in [-0.39, 0.29) is 12.1 Å². The summed E-state index contributed by atoms with van der Waals surface area (Å²) in [6.45, 7) is 0.873. The lowest BCUT2D eigenvalue weighted by molar-refractivity contribution is 0.160. The highest BCUT2D eigenvalue weighted by Crippen LogP contribution is 2.25. The second-order valence-corrected chi connectivity index (χ2v) is 3.78. The molecule has 1 fully saturated rings. The van der Waals surface area contributed by atoms with Crippen LogP contribution < -0.4 is 5.32 Å². The van der Waals surface area contributed by atoms with Crippen LogP contribution in [0.15, 0.2) is 24.3 Å². The van der Waals surface area contributed by atoms with E-state index < -0.39 is 0 Å². The first kappa shape index (κ1) is 9.00. The second-order valence-electron chi connectivity index (χ2n) is 3.34. The maximum Gasteiger partial charge on any atom is 0.0747 e. The maximum atomic E-state index is 9.63. The number of benzene rings is 1. The molecule has 1 heterocycles. The van der Waals surface area contributed by atoms with Crippen LogP contribution in [-0.2, 0) is 0 Å². The summed E-state index contributed by atoms with van der Waals surface area (Å²) in [7, 11) is 0. The minimum absolute atomic E-state index is 0.0544. The highest BCUT2D eigenvalue weighted by Gasteiger charge is 2.25. The van der Waals surface area contributed by atoms with E-state index in [1.54, 1.807) is 0 Å². The quantitative estimate of drug-likeness (QED) is 0.719. The summed E-state index contributed by atoms with van der Waals surface area (Å²) in [5.41, 5.74) is 1.07. The van der Waals surface area contributed by atoms with Gasteiger partial charge in [-0.15, -0.1) is 0 Å². The van der Waals surface area contributed by atoms with Crippen LogP contribution in [0.1, 0.15) is 18.0 Å². The number of hydrogen-bond donors (Lipinski definition) is 2. The molecule has 2 N–H and O–H groups in total. The van der Waals surface area contributed by atoms with Crippen LogP contribution in [0.25, 0.3) is 0 Å². The molecular weight excluding hydrogens is 186 g/mol. The third-order valence-corrected chi connectivity index (χ3v) is 2.63. The van der Waals surface area contributed by atoms with Crippen LogP contribution in [0.4, 0.5) is 0 Å². The number of aliphatic hydroxyl groups excluding tert-OH is 1. The number of aliphatic hydroxyl groups is 1. The van der Waals surface area contributed by atoms with E-state index in [1.165, 1.54) is 0 Å². The first-order valence-corrected chi connectivity index (χ1v) is 4.82. The fourth-order valence-corrected chi connectivity index (χ4v) is 1.93. The molecule has 1 saturated heterocycles. The van der Waals surface area contributed by atoms with E-state index in [4.69, 9.17) is 11.6 Å². The van der Waals surface area contributed by atoms with Gasteiger partial charge in [0.15, 0.2) is 0 Å². The molecule has 0 aliphatic carbocycles. The summed E-state index contributed by atoms with van der Waals surface area (Å²) < 4.78 is 0. The molecule has 70 valence electrons. The Morgan fingerprint density at radius 3 is 2.92 bits per heavy atom. The Kier molecular flexibility index (Phi) is 2.54. The highest BCUT2D eigenvalue weighted by atomic mass is 35.5. The molecule has 0 saturated carbocycles. The Balaban J connectivity index is 2.24. The second kappa shape index (κ2) is 3.66. The fraction of sp³-hybridized carbons (Fsp3) is 0.400. The molecule has 3 heteroatoms. The third-order valence-electron chi connectivity index (χ3n) is 2.40. The zero-order valence-corrected chi connectivity index (χ0v) is 7.96. The summed E-state index contributed by atoms with van der Waals surface area (Å²) in [4.78, 5) is 0. The minimum Gasteiger partial charge on any atom is -0.391 e. The lowest BCUT2D eigenvalue weighted by atomic mass is 10.0. The van der Waals surface area contributed by atoms with Crippen molar-refractivity contribution in [2.45, 2.75) is 18.6 Å².